The topological polar surface area (TPSA) is 103 Å². The Hall–Kier alpha value is -3.99. The van der Waals surface area contributed by atoms with E-state index in [2.05, 4.69) is 21.3 Å². The molecule has 0 bridgehead atoms. The van der Waals surface area contributed by atoms with Gasteiger partial charge in [0.1, 0.15) is 31.8 Å². The Balaban J connectivity index is 1.13. The van der Waals surface area contributed by atoms with Gasteiger partial charge in [0, 0.05) is 30.4 Å². The van der Waals surface area contributed by atoms with Crippen LogP contribution < -0.4 is 26.7 Å². The fraction of sp³-hybridized carbons (Fsp3) is 0.387. The van der Waals surface area contributed by atoms with Crippen LogP contribution in [0.5, 0.6) is 0 Å². The fourth-order valence-electron chi connectivity index (χ4n) is 7.45. The molecule has 42 heavy (non-hydrogen) atoms. The molecule has 7 rings (SSSR count). The van der Waals surface area contributed by atoms with Gasteiger partial charge in [-0.15, -0.1) is 0 Å². The van der Waals surface area contributed by atoms with Crippen LogP contribution >= 0.6 is 0 Å². The van der Waals surface area contributed by atoms with Crippen LogP contribution in [0.15, 0.2) is 53.9 Å². The molecule has 2 spiro atoms. The molecule has 1 saturated carbocycles. The largest absolute Gasteiger partial charge is 0.368 e. The number of allylic oxidation sites excluding steroid dienone is 1. The second-order valence-electron chi connectivity index (χ2n) is 12.0. The Morgan fingerprint density at radius 3 is 2.69 bits per heavy atom. The first-order chi connectivity index (χ1) is 20.2. The average Bonchev–Trinajstić information content (AvgIpc) is 3.66. The average molecular weight is 569 g/mol. The van der Waals surface area contributed by atoms with E-state index in [1.54, 1.807) is 6.07 Å². The standard InChI is InChI=1S/C31H30BF2N5O3/c32-26-21(11-19(33)12-23(26)34)24-15-36-31(7-1-2-8-31)29(42)39(24)16-25(40)37-20-6-5-17-13-30(14-18(17)10-20)22-4-3-9-35-27(22)38-28(30)41/h3-6,10-12,24,35-36H,1-2,7-9,13-16H2,(H,37,40)(H,38,41)/t24-,30+/m0/s1. The number of piperazine rings is 1. The van der Waals surface area contributed by atoms with Crippen LogP contribution in [0.1, 0.15) is 48.4 Å². The molecule has 11 heteroatoms. The molecule has 2 fully saturated rings. The molecule has 3 amide bonds. The molecular weight excluding hydrogens is 539 g/mol. The monoisotopic (exact) mass is 569 g/mol. The molecule has 0 unspecified atom stereocenters. The lowest BCUT2D eigenvalue weighted by atomic mass is 9.78. The molecule has 5 aliphatic rings. The van der Waals surface area contributed by atoms with Crippen molar-refractivity contribution in [2.75, 3.05) is 25.0 Å². The molecule has 214 valence electrons. The van der Waals surface area contributed by atoms with Crippen molar-refractivity contribution in [3.63, 3.8) is 0 Å². The third-order valence-electron chi connectivity index (χ3n) is 9.55. The number of nitrogens with one attached hydrogen (secondary N) is 4. The number of dihydropyridines is 1. The fourth-order valence-corrected chi connectivity index (χ4v) is 7.45. The summed E-state index contributed by atoms with van der Waals surface area (Å²) in [5.41, 5.74) is 1.93. The molecule has 4 N–H and O–H groups in total. The summed E-state index contributed by atoms with van der Waals surface area (Å²) < 4.78 is 28.6. The molecule has 8 nitrogen and oxygen atoms in total. The number of benzene rings is 2. The molecule has 3 aliphatic heterocycles. The van der Waals surface area contributed by atoms with Gasteiger partial charge in [-0.3, -0.25) is 14.4 Å². The van der Waals surface area contributed by atoms with E-state index < -0.39 is 34.5 Å². The highest BCUT2D eigenvalue weighted by Crippen LogP contribution is 2.48. The maximum atomic E-state index is 14.4. The number of amides is 3. The summed E-state index contributed by atoms with van der Waals surface area (Å²) in [7, 11) is 5.99. The van der Waals surface area contributed by atoms with Gasteiger partial charge in [-0.05, 0) is 60.6 Å². The summed E-state index contributed by atoms with van der Waals surface area (Å²) in [4.78, 5) is 41.7. The molecule has 3 heterocycles. The summed E-state index contributed by atoms with van der Waals surface area (Å²) in [6.45, 7) is 0.577. The first kappa shape index (κ1) is 26.9. The normalized spacial score (nSPS) is 25.6. The number of halogens is 2. The highest BCUT2D eigenvalue weighted by Gasteiger charge is 2.52. The molecule has 2 aromatic rings. The summed E-state index contributed by atoms with van der Waals surface area (Å²) in [6, 6.07) is 6.61. The van der Waals surface area contributed by atoms with Crippen molar-refractivity contribution in [1.82, 2.24) is 20.9 Å². The number of rotatable bonds is 4. The number of carbonyl (C=O) groups is 3. The van der Waals surface area contributed by atoms with E-state index in [4.69, 9.17) is 7.85 Å². The molecular formula is C31H30BF2N5O3. The van der Waals surface area contributed by atoms with Crippen LogP contribution in [-0.2, 0) is 27.2 Å². The van der Waals surface area contributed by atoms with E-state index in [9.17, 15) is 23.2 Å². The van der Waals surface area contributed by atoms with Crippen LogP contribution in [-0.4, -0.2) is 55.6 Å². The molecule has 2 aromatic carbocycles. The first-order valence-electron chi connectivity index (χ1n) is 14.4. The predicted octanol–water partition coefficient (Wildman–Crippen LogP) is 1.77. The van der Waals surface area contributed by atoms with Crippen molar-refractivity contribution < 1.29 is 23.2 Å². The van der Waals surface area contributed by atoms with Gasteiger partial charge in [-0.1, -0.05) is 36.5 Å². The minimum absolute atomic E-state index is 0.0366. The molecule has 1 saturated heterocycles. The molecule has 2 atom stereocenters. The van der Waals surface area contributed by atoms with Crippen LogP contribution in [0.3, 0.4) is 0 Å². The van der Waals surface area contributed by atoms with E-state index in [1.165, 1.54) is 4.90 Å². The van der Waals surface area contributed by atoms with Gasteiger partial charge in [0.05, 0.1) is 17.0 Å². The van der Waals surface area contributed by atoms with Crippen molar-refractivity contribution in [3.05, 3.63) is 82.2 Å². The zero-order chi connectivity index (χ0) is 29.2. The van der Waals surface area contributed by atoms with Crippen LogP contribution in [0.25, 0.3) is 0 Å². The predicted molar refractivity (Wildman–Crippen MR) is 153 cm³/mol. The Morgan fingerprint density at radius 2 is 1.88 bits per heavy atom. The summed E-state index contributed by atoms with van der Waals surface area (Å²) in [5.74, 6) is -1.68. The minimum atomic E-state index is -0.905. The second kappa shape index (κ2) is 9.79. The summed E-state index contributed by atoms with van der Waals surface area (Å²) in [5, 5.41) is 12.4. The number of hydrogen-bond acceptors (Lipinski definition) is 5. The first-order valence-corrected chi connectivity index (χ1v) is 14.4. The van der Waals surface area contributed by atoms with Gasteiger partial charge in [-0.2, -0.15) is 0 Å². The summed E-state index contributed by atoms with van der Waals surface area (Å²) >= 11 is 0. The highest BCUT2D eigenvalue weighted by atomic mass is 19.1. The minimum Gasteiger partial charge on any atom is -0.368 e. The van der Waals surface area contributed by atoms with Crippen molar-refractivity contribution in [3.8, 4) is 0 Å². The van der Waals surface area contributed by atoms with E-state index in [0.29, 0.717) is 44.0 Å². The van der Waals surface area contributed by atoms with Crippen LogP contribution in [0.4, 0.5) is 14.5 Å². The SMILES string of the molecule is [B]c1c(F)cc(F)cc1[C@@H]1CNC2(CCCC2)C(=O)N1CC(=O)Nc1ccc2c(c1)C[C@@]1(C2)C(=O)NC2=C1C=CCN2. The zero-order valence-corrected chi connectivity index (χ0v) is 23.0. The number of fused-ring (bicyclic) bond motifs is 2. The smallest absolute Gasteiger partial charge is 0.244 e. The maximum Gasteiger partial charge on any atom is 0.244 e. The Labute approximate surface area is 243 Å². The Morgan fingerprint density at radius 1 is 1.10 bits per heavy atom. The van der Waals surface area contributed by atoms with E-state index >= 15 is 0 Å². The van der Waals surface area contributed by atoms with Gasteiger partial charge >= 0.3 is 0 Å². The van der Waals surface area contributed by atoms with Crippen molar-refractivity contribution >= 4 is 36.7 Å². The van der Waals surface area contributed by atoms with E-state index in [-0.39, 0.29) is 35.9 Å². The highest BCUT2D eigenvalue weighted by molar-refractivity contribution is 6.33. The summed E-state index contributed by atoms with van der Waals surface area (Å²) in [6.07, 6.45) is 8.10. The second-order valence-corrected chi connectivity index (χ2v) is 12.0. The van der Waals surface area contributed by atoms with Crippen molar-refractivity contribution in [2.24, 2.45) is 5.41 Å². The number of carbonyl (C=O) groups excluding carboxylic acids is 3. The van der Waals surface area contributed by atoms with Gasteiger partial charge in [-0.25, -0.2) is 8.78 Å². The third-order valence-corrected chi connectivity index (χ3v) is 9.55. The lowest BCUT2D eigenvalue weighted by Crippen LogP contribution is -2.65. The van der Waals surface area contributed by atoms with E-state index in [0.717, 1.165) is 41.4 Å². The van der Waals surface area contributed by atoms with Gasteiger partial charge in [0.15, 0.2) is 0 Å². The number of hydrogen-bond donors (Lipinski definition) is 4. The van der Waals surface area contributed by atoms with E-state index in [1.807, 2.05) is 24.3 Å². The Bertz CT molecular complexity index is 1600. The quantitative estimate of drug-likeness (QED) is 0.421. The van der Waals surface area contributed by atoms with Gasteiger partial charge in [0.25, 0.3) is 0 Å². The third kappa shape index (κ3) is 4.16. The Kier molecular flexibility index (Phi) is 6.27. The number of anilines is 1. The molecule has 2 radical (unpaired) electrons. The van der Waals surface area contributed by atoms with Gasteiger partial charge in [0.2, 0.25) is 17.7 Å². The lowest BCUT2D eigenvalue weighted by molar-refractivity contribution is -0.147. The van der Waals surface area contributed by atoms with Gasteiger partial charge < -0.3 is 26.2 Å². The lowest BCUT2D eigenvalue weighted by Gasteiger charge is -2.45. The number of nitrogens with zero attached hydrogens (tertiary/aromatic N) is 1. The van der Waals surface area contributed by atoms with Crippen LogP contribution in [0, 0.1) is 17.0 Å². The molecule has 0 aromatic heterocycles. The molecule has 2 aliphatic carbocycles. The van der Waals surface area contributed by atoms with Crippen molar-refractivity contribution in [2.45, 2.75) is 50.1 Å². The van der Waals surface area contributed by atoms with Crippen molar-refractivity contribution in [1.29, 1.82) is 0 Å². The van der Waals surface area contributed by atoms with Crippen LogP contribution in [0.2, 0.25) is 0 Å². The zero-order valence-electron chi connectivity index (χ0n) is 23.0. The maximum absolute atomic E-state index is 14.4.